The standard InChI is InChI=1S/C21H19NO3S/c1-3-26-21-15-12-8-7-11-14(15)20(2,25-21)16-17(21)19(24)22(18(16)23)13-9-5-4-6-10-13/h4-12,16-17H,3H2,1-2H3/t16-,17+,20+,21+/m1/s1. The lowest BCUT2D eigenvalue weighted by atomic mass is 9.70. The van der Waals surface area contributed by atoms with Gasteiger partial charge in [-0.15, -0.1) is 11.8 Å². The maximum atomic E-state index is 13.4. The lowest BCUT2D eigenvalue weighted by Crippen LogP contribution is -2.38. The van der Waals surface area contributed by atoms with Gasteiger partial charge in [0.15, 0.2) is 4.93 Å². The highest BCUT2D eigenvalue weighted by molar-refractivity contribution is 8.00. The monoisotopic (exact) mass is 365 g/mol. The van der Waals surface area contributed by atoms with Crippen molar-refractivity contribution in [3.63, 3.8) is 0 Å². The Morgan fingerprint density at radius 3 is 2.27 bits per heavy atom. The second kappa shape index (κ2) is 5.21. The van der Waals surface area contributed by atoms with Gasteiger partial charge in [-0.05, 0) is 30.4 Å². The molecule has 3 aliphatic rings. The number of ether oxygens (including phenoxy) is 1. The third kappa shape index (κ3) is 1.70. The van der Waals surface area contributed by atoms with Crippen LogP contribution in [0.2, 0.25) is 0 Å². The van der Waals surface area contributed by atoms with Crippen LogP contribution >= 0.6 is 11.8 Å². The number of carbonyl (C=O) groups excluding carboxylic acids is 2. The van der Waals surface area contributed by atoms with Crippen LogP contribution in [0.25, 0.3) is 0 Å². The Hall–Kier alpha value is -2.11. The number of thioether (sulfide) groups is 1. The number of benzene rings is 2. The van der Waals surface area contributed by atoms with Crippen molar-refractivity contribution < 1.29 is 14.3 Å². The van der Waals surface area contributed by atoms with Gasteiger partial charge in [-0.3, -0.25) is 9.59 Å². The molecule has 2 saturated heterocycles. The number of carbonyl (C=O) groups is 2. The van der Waals surface area contributed by atoms with E-state index in [4.69, 9.17) is 4.74 Å². The molecular formula is C21H19NO3S. The molecule has 2 aromatic carbocycles. The van der Waals surface area contributed by atoms with Gasteiger partial charge in [0.1, 0.15) is 5.60 Å². The predicted molar refractivity (Wildman–Crippen MR) is 101 cm³/mol. The van der Waals surface area contributed by atoms with Crippen LogP contribution in [0.3, 0.4) is 0 Å². The normalized spacial score (nSPS) is 34.3. The number of hydrogen-bond donors (Lipinski definition) is 0. The zero-order chi connectivity index (χ0) is 18.1. The maximum absolute atomic E-state index is 13.4. The Morgan fingerprint density at radius 2 is 1.58 bits per heavy atom. The highest BCUT2D eigenvalue weighted by Crippen LogP contribution is 2.70. The Labute approximate surface area is 156 Å². The van der Waals surface area contributed by atoms with E-state index in [1.54, 1.807) is 11.8 Å². The van der Waals surface area contributed by atoms with Gasteiger partial charge in [-0.2, -0.15) is 0 Å². The van der Waals surface area contributed by atoms with Gasteiger partial charge < -0.3 is 4.74 Å². The van der Waals surface area contributed by atoms with E-state index in [0.717, 1.165) is 16.9 Å². The van der Waals surface area contributed by atoms with Crippen LogP contribution in [0, 0.1) is 11.8 Å². The third-order valence-electron chi connectivity index (χ3n) is 5.88. The van der Waals surface area contributed by atoms with Gasteiger partial charge in [0.05, 0.1) is 17.5 Å². The first-order valence-corrected chi connectivity index (χ1v) is 9.90. The van der Waals surface area contributed by atoms with Crippen LogP contribution in [0.4, 0.5) is 5.69 Å². The van der Waals surface area contributed by atoms with Gasteiger partial charge in [-0.25, -0.2) is 4.90 Å². The molecule has 0 aromatic heterocycles. The average molecular weight is 365 g/mol. The predicted octanol–water partition coefficient (Wildman–Crippen LogP) is 3.66. The summed E-state index contributed by atoms with van der Waals surface area (Å²) in [6, 6.07) is 17.2. The molecule has 4 nitrogen and oxygen atoms in total. The summed E-state index contributed by atoms with van der Waals surface area (Å²) in [6.45, 7) is 4.03. The fraction of sp³-hybridized carbons (Fsp3) is 0.333. The van der Waals surface area contributed by atoms with E-state index >= 15 is 0 Å². The smallest absolute Gasteiger partial charge is 0.242 e. The van der Waals surface area contributed by atoms with Crippen molar-refractivity contribution in [2.24, 2.45) is 11.8 Å². The van der Waals surface area contributed by atoms with Crippen LogP contribution < -0.4 is 4.90 Å². The first-order valence-electron chi connectivity index (χ1n) is 8.91. The van der Waals surface area contributed by atoms with E-state index in [-0.39, 0.29) is 11.8 Å². The van der Waals surface area contributed by atoms with Gasteiger partial charge in [0.25, 0.3) is 0 Å². The number of anilines is 1. The molecule has 26 heavy (non-hydrogen) atoms. The fourth-order valence-electron chi connectivity index (χ4n) is 4.96. The average Bonchev–Trinajstić information content (AvgIpc) is 3.18. The van der Waals surface area contributed by atoms with Crippen molar-refractivity contribution >= 4 is 29.3 Å². The minimum Gasteiger partial charge on any atom is -0.347 e. The zero-order valence-electron chi connectivity index (χ0n) is 14.6. The molecule has 3 aliphatic heterocycles. The lowest BCUT2D eigenvalue weighted by molar-refractivity contribution is -0.129. The van der Waals surface area contributed by atoms with Gasteiger partial charge >= 0.3 is 0 Å². The third-order valence-corrected chi connectivity index (χ3v) is 7.16. The van der Waals surface area contributed by atoms with Gasteiger partial charge in [-0.1, -0.05) is 49.4 Å². The summed E-state index contributed by atoms with van der Waals surface area (Å²) >= 11 is 1.63. The van der Waals surface area contributed by atoms with Gasteiger partial charge in [0, 0.05) is 5.56 Å². The number of rotatable bonds is 3. The maximum Gasteiger partial charge on any atom is 0.242 e. The van der Waals surface area contributed by atoms with Crippen molar-refractivity contribution in [2.45, 2.75) is 24.4 Å². The van der Waals surface area contributed by atoms with E-state index in [9.17, 15) is 9.59 Å². The van der Waals surface area contributed by atoms with Crippen LogP contribution in [0.1, 0.15) is 25.0 Å². The molecule has 132 valence electrons. The molecule has 0 radical (unpaired) electrons. The van der Waals surface area contributed by atoms with Crippen LogP contribution in [0.15, 0.2) is 54.6 Å². The molecule has 5 heteroatoms. The summed E-state index contributed by atoms with van der Waals surface area (Å²) < 4.78 is 6.54. The summed E-state index contributed by atoms with van der Waals surface area (Å²) in [5.74, 6) is -0.461. The molecular weight excluding hydrogens is 346 g/mol. The van der Waals surface area contributed by atoms with E-state index in [1.807, 2.05) is 61.5 Å². The van der Waals surface area contributed by atoms with Crippen molar-refractivity contribution in [1.29, 1.82) is 0 Å². The van der Waals surface area contributed by atoms with Crippen molar-refractivity contribution in [2.75, 3.05) is 10.7 Å². The SMILES string of the molecule is CCS[C@@]12O[C@@](C)(c3ccccc31)[C@H]1C(=O)N(c3ccccc3)C(=O)[C@H]12. The molecule has 3 heterocycles. The lowest BCUT2D eigenvalue weighted by Gasteiger charge is -2.32. The number of hydrogen-bond acceptors (Lipinski definition) is 4. The van der Waals surface area contributed by atoms with Crippen LogP contribution in [-0.4, -0.2) is 17.6 Å². The summed E-state index contributed by atoms with van der Waals surface area (Å²) in [6.07, 6.45) is 0. The number of nitrogens with zero attached hydrogens (tertiary/aromatic N) is 1. The Balaban J connectivity index is 1.71. The van der Waals surface area contributed by atoms with Crippen molar-refractivity contribution in [3.8, 4) is 0 Å². The molecule has 2 aromatic rings. The molecule has 0 saturated carbocycles. The second-order valence-electron chi connectivity index (χ2n) is 7.16. The Bertz CT molecular complexity index is 930. The summed E-state index contributed by atoms with van der Waals surface area (Å²) in [4.78, 5) is 27.4. The van der Waals surface area contributed by atoms with E-state index < -0.39 is 22.4 Å². The van der Waals surface area contributed by atoms with E-state index in [0.29, 0.717) is 5.69 Å². The molecule has 2 amide bonds. The highest BCUT2D eigenvalue weighted by Gasteiger charge is 2.76. The first-order chi connectivity index (χ1) is 12.5. The minimum atomic E-state index is -0.777. The number of imide groups is 1. The van der Waals surface area contributed by atoms with Crippen LogP contribution in [0.5, 0.6) is 0 Å². The number of amides is 2. The molecule has 0 N–H and O–H groups in total. The molecule has 0 unspecified atom stereocenters. The first kappa shape index (κ1) is 16.1. The van der Waals surface area contributed by atoms with E-state index in [2.05, 4.69) is 6.92 Å². The summed E-state index contributed by atoms with van der Waals surface area (Å²) in [5.41, 5.74) is 1.96. The van der Waals surface area contributed by atoms with Gasteiger partial charge in [0.2, 0.25) is 11.8 Å². The summed E-state index contributed by atoms with van der Waals surface area (Å²) in [7, 11) is 0. The number of fused-ring (bicyclic) bond motifs is 8. The quantitative estimate of drug-likeness (QED) is 0.779. The molecule has 5 rings (SSSR count). The second-order valence-corrected chi connectivity index (χ2v) is 8.63. The minimum absolute atomic E-state index is 0.148. The Kier molecular flexibility index (Phi) is 3.22. The van der Waals surface area contributed by atoms with Crippen molar-refractivity contribution in [3.05, 3.63) is 65.7 Å². The topological polar surface area (TPSA) is 46.6 Å². The highest BCUT2D eigenvalue weighted by atomic mass is 32.2. The number of para-hydroxylation sites is 1. The fourth-order valence-corrected chi connectivity index (χ4v) is 6.37. The van der Waals surface area contributed by atoms with E-state index in [1.165, 1.54) is 4.90 Å². The molecule has 2 bridgehead atoms. The largest absolute Gasteiger partial charge is 0.347 e. The summed E-state index contributed by atoms with van der Waals surface area (Å²) in [5, 5.41) is 0. The molecule has 0 spiro atoms. The zero-order valence-corrected chi connectivity index (χ0v) is 15.5. The Morgan fingerprint density at radius 1 is 0.962 bits per heavy atom. The molecule has 2 fully saturated rings. The molecule has 4 atom stereocenters. The van der Waals surface area contributed by atoms with Crippen LogP contribution in [-0.2, 0) is 24.9 Å². The molecule has 0 aliphatic carbocycles. The van der Waals surface area contributed by atoms with Crippen molar-refractivity contribution in [1.82, 2.24) is 0 Å².